The van der Waals surface area contributed by atoms with Crippen LogP contribution in [0.4, 0.5) is 0 Å². The van der Waals surface area contributed by atoms with Gasteiger partial charge in [0.2, 0.25) is 0 Å². The lowest BCUT2D eigenvalue weighted by Crippen LogP contribution is -2.16. The summed E-state index contributed by atoms with van der Waals surface area (Å²) < 4.78 is 2.08. The van der Waals surface area contributed by atoms with Crippen molar-refractivity contribution in [3.63, 3.8) is 0 Å². The highest BCUT2D eigenvalue weighted by Crippen LogP contribution is 2.40. The van der Waals surface area contributed by atoms with Crippen LogP contribution in [0.2, 0.25) is 5.02 Å². The van der Waals surface area contributed by atoms with Crippen LogP contribution in [0.15, 0.2) is 24.3 Å². The molecule has 4 heteroatoms. The van der Waals surface area contributed by atoms with Crippen LogP contribution < -0.4 is 5.73 Å². The fourth-order valence-corrected chi connectivity index (χ4v) is 3.78. The van der Waals surface area contributed by atoms with Crippen molar-refractivity contribution in [1.29, 1.82) is 0 Å². The van der Waals surface area contributed by atoms with Crippen molar-refractivity contribution in [3.8, 4) is 5.69 Å². The van der Waals surface area contributed by atoms with Crippen molar-refractivity contribution in [2.24, 2.45) is 5.73 Å². The molecule has 1 aliphatic rings. The van der Waals surface area contributed by atoms with Gasteiger partial charge >= 0.3 is 0 Å². The molecule has 0 bridgehead atoms. The highest BCUT2D eigenvalue weighted by atomic mass is 35.5. The van der Waals surface area contributed by atoms with Crippen molar-refractivity contribution in [2.45, 2.75) is 51.4 Å². The molecule has 3 nitrogen and oxygen atoms in total. The Morgan fingerprint density at radius 2 is 2.14 bits per heavy atom. The summed E-state index contributed by atoms with van der Waals surface area (Å²) in [6.07, 6.45) is 4.53. The van der Waals surface area contributed by atoms with Crippen LogP contribution in [0.1, 0.15) is 61.9 Å². The van der Waals surface area contributed by atoms with E-state index < -0.39 is 0 Å². The van der Waals surface area contributed by atoms with Crippen molar-refractivity contribution >= 4 is 11.6 Å². The van der Waals surface area contributed by atoms with Gasteiger partial charge in [0, 0.05) is 11.3 Å². The summed E-state index contributed by atoms with van der Waals surface area (Å²) in [5, 5.41) is 5.70. The second-order valence-electron chi connectivity index (χ2n) is 6.43. The first-order valence-electron chi connectivity index (χ1n) is 8.20. The third-order valence-electron chi connectivity index (χ3n) is 4.57. The molecule has 2 aromatic rings. The number of nitrogens with two attached hydrogens (primary N) is 1. The van der Waals surface area contributed by atoms with E-state index >= 15 is 0 Å². The lowest BCUT2D eigenvalue weighted by molar-refractivity contribution is 0.514. The number of hydrogen-bond donors (Lipinski definition) is 1. The Labute approximate surface area is 137 Å². The normalized spacial score (nSPS) is 17.8. The predicted octanol–water partition coefficient (Wildman–Crippen LogP) is 4.42. The third-order valence-corrected chi connectivity index (χ3v) is 4.89. The molecule has 0 aliphatic heterocycles. The van der Waals surface area contributed by atoms with Crippen molar-refractivity contribution in [3.05, 3.63) is 46.2 Å². The monoisotopic (exact) mass is 317 g/mol. The third kappa shape index (κ3) is 2.68. The van der Waals surface area contributed by atoms with Gasteiger partial charge in [-0.2, -0.15) is 5.10 Å². The van der Waals surface area contributed by atoms with Gasteiger partial charge in [-0.25, -0.2) is 4.68 Å². The molecule has 22 heavy (non-hydrogen) atoms. The van der Waals surface area contributed by atoms with E-state index in [-0.39, 0.29) is 0 Å². The van der Waals surface area contributed by atoms with Crippen molar-refractivity contribution in [2.75, 3.05) is 6.54 Å². The van der Waals surface area contributed by atoms with E-state index in [9.17, 15) is 0 Å². The topological polar surface area (TPSA) is 43.8 Å². The zero-order chi connectivity index (χ0) is 15.7. The SMILES string of the molecule is CC(C)c1nn(-c2ccccc2Cl)c2c1C(CCN)CCC2. The molecule has 118 valence electrons. The zero-order valence-electron chi connectivity index (χ0n) is 13.3. The maximum atomic E-state index is 6.41. The van der Waals surface area contributed by atoms with Crippen LogP contribution in [-0.4, -0.2) is 16.3 Å². The molecular weight excluding hydrogens is 294 g/mol. The van der Waals surface area contributed by atoms with E-state index in [1.54, 1.807) is 0 Å². The summed E-state index contributed by atoms with van der Waals surface area (Å²) in [4.78, 5) is 0. The van der Waals surface area contributed by atoms with E-state index in [4.69, 9.17) is 22.4 Å². The maximum absolute atomic E-state index is 6.41. The largest absolute Gasteiger partial charge is 0.330 e. The molecule has 0 amide bonds. The van der Waals surface area contributed by atoms with E-state index in [2.05, 4.69) is 18.5 Å². The standard InChI is InChI=1S/C18H24ClN3/c1-12(2)18-17-13(10-11-20)6-5-9-16(17)22(21-18)15-8-4-3-7-14(15)19/h3-4,7-8,12-13H,5-6,9-11,20H2,1-2H3. The number of aromatic nitrogens is 2. The lowest BCUT2D eigenvalue weighted by atomic mass is 9.81. The molecule has 0 saturated heterocycles. The second-order valence-corrected chi connectivity index (χ2v) is 6.84. The predicted molar refractivity (Wildman–Crippen MR) is 92.0 cm³/mol. The van der Waals surface area contributed by atoms with Crippen molar-refractivity contribution < 1.29 is 0 Å². The summed E-state index contributed by atoms with van der Waals surface area (Å²) in [5.74, 6) is 0.957. The number of halogens is 1. The van der Waals surface area contributed by atoms with Gasteiger partial charge < -0.3 is 5.73 Å². The quantitative estimate of drug-likeness (QED) is 0.907. The van der Waals surface area contributed by atoms with Gasteiger partial charge in [0.15, 0.2) is 0 Å². The van der Waals surface area contributed by atoms with Crippen LogP contribution in [0, 0.1) is 0 Å². The van der Waals surface area contributed by atoms with Crippen LogP contribution in [0.3, 0.4) is 0 Å². The minimum atomic E-state index is 0.413. The molecule has 0 radical (unpaired) electrons. The minimum absolute atomic E-state index is 0.413. The first-order chi connectivity index (χ1) is 10.6. The average molecular weight is 318 g/mol. The van der Waals surface area contributed by atoms with Crippen LogP contribution in [0.25, 0.3) is 5.69 Å². The first kappa shape index (κ1) is 15.6. The molecule has 1 atom stereocenters. The number of benzene rings is 1. The van der Waals surface area contributed by atoms with Gasteiger partial charge in [0.1, 0.15) is 0 Å². The Morgan fingerprint density at radius 3 is 2.82 bits per heavy atom. The molecular formula is C18H24ClN3. The van der Waals surface area contributed by atoms with Gasteiger partial charge in [-0.1, -0.05) is 37.6 Å². The number of rotatable bonds is 4. The smallest absolute Gasteiger partial charge is 0.0835 e. The molecule has 0 saturated carbocycles. The first-order valence-corrected chi connectivity index (χ1v) is 8.58. The molecule has 1 aromatic heterocycles. The van der Waals surface area contributed by atoms with Gasteiger partial charge in [0.05, 0.1) is 16.4 Å². The molecule has 3 rings (SSSR count). The number of nitrogens with zero attached hydrogens (tertiary/aromatic N) is 2. The summed E-state index contributed by atoms with van der Waals surface area (Å²) in [6, 6.07) is 7.96. The molecule has 1 unspecified atom stereocenters. The van der Waals surface area contributed by atoms with Gasteiger partial charge in [-0.15, -0.1) is 0 Å². The van der Waals surface area contributed by atoms with E-state index in [1.165, 1.54) is 29.8 Å². The maximum Gasteiger partial charge on any atom is 0.0835 e. The highest BCUT2D eigenvalue weighted by molar-refractivity contribution is 6.32. The van der Waals surface area contributed by atoms with E-state index in [1.807, 2.05) is 24.3 Å². The Morgan fingerprint density at radius 1 is 1.36 bits per heavy atom. The summed E-state index contributed by atoms with van der Waals surface area (Å²) in [6.45, 7) is 5.17. The van der Waals surface area contributed by atoms with Crippen LogP contribution in [-0.2, 0) is 6.42 Å². The minimum Gasteiger partial charge on any atom is -0.330 e. The molecule has 2 N–H and O–H groups in total. The molecule has 0 fully saturated rings. The van der Waals surface area contributed by atoms with Crippen molar-refractivity contribution in [1.82, 2.24) is 9.78 Å². The second kappa shape index (κ2) is 6.43. The Kier molecular flexibility index (Phi) is 4.55. The van der Waals surface area contributed by atoms with Crippen LogP contribution in [0.5, 0.6) is 0 Å². The lowest BCUT2D eigenvalue weighted by Gasteiger charge is -2.24. The van der Waals surface area contributed by atoms with Gasteiger partial charge in [-0.05, 0) is 56.2 Å². The van der Waals surface area contributed by atoms with E-state index in [0.717, 1.165) is 30.1 Å². The molecule has 1 heterocycles. The highest BCUT2D eigenvalue weighted by Gasteiger charge is 2.29. The Balaban J connectivity index is 2.17. The zero-order valence-corrected chi connectivity index (χ0v) is 14.1. The van der Waals surface area contributed by atoms with Crippen LogP contribution >= 0.6 is 11.6 Å². The Hall–Kier alpha value is -1.32. The summed E-state index contributed by atoms with van der Waals surface area (Å²) in [5.41, 5.74) is 10.8. The number of hydrogen-bond acceptors (Lipinski definition) is 2. The average Bonchev–Trinajstić information content (AvgIpc) is 2.89. The number of para-hydroxylation sites is 1. The summed E-state index contributed by atoms with van der Waals surface area (Å²) in [7, 11) is 0. The Bertz CT molecular complexity index is 660. The molecule has 0 spiro atoms. The van der Waals surface area contributed by atoms with Gasteiger partial charge in [-0.3, -0.25) is 0 Å². The van der Waals surface area contributed by atoms with Gasteiger partial charge in [0.25, 0.3) is 0 Å². The van der Waals surface area contributed by atoms with E-state index in [0.29, 0.717) is 11.8 Å². The molecule has 1 aliphatic carbocycles. The fraction of sp³-hybridized carbons (Fsp3) is 0.500. The summed E-state index contributed by atoms with van der Waals surface area (Å²) >= 11 is 6.41. The fourth-order valence-electron chi connectivity index (χ4n) is 3.57. The number of fused-ring (bicyclic) bond motifs is 1. The molecule has 1 aromatic carbocycles.